The zero-order valence-electron chi connectivity index (χ0n) is 12.4. The first-order valence-electron chi connectivity index (χ1n) is 7.08. The summed E-state index contributed by atoms with van der Waals surface area (Å²) in [6, 6.07) is 0. The van der Waals surface area contributed by atoms with E-state index in [4.69, 9.17) is 11.6 Å². The summed E-state index contributed by atoms with van der Waals surface area (Å²) in [7, 11) is 0. The van der Waals surface area contributed by atoms with Crippen LogP contribution < -0.4 is 0 Å². The van der Waals surface area contributed by atoms with E-state index in [1.165, 1.54) is 0 Å². The number of rotatable bonds is 5. The predicted octanol–water partition coefficient (Wildman–Crippen LogP) is 3.10. The monoisotopic (exact) mass is 293 g/mol. The van der Waals surface area contributed by atoms with Gasteiger partial charge in [0.1, 0.15) is 16.8 Å². The summed E-state index contributed by atoms with van der Waals surface area (Å²) in [5.74, 6) is 3.24. The van der Waals surface area contributed by atoms with E-state index < -0.39 is 0 Å². The molecule has 0 atom stereocenters. The van der Waals surface area contributed by atoms with Crippen molar-refractivity contribution in [3.63, 3.8) is 0 Å². The number of nitrogens with zero attached hydrogens (tertiary/aromatic N) is 5. The average molecular weight is 294 g/mol. The summed E-state index contributed by atoms with van der Waals surface area (Å²) in [5, 5.41) is 5.02. The van der Waals surface area contributed by atoms with Crippen molar-refractivity contribution in [1.82, 2.24) is 24.7 Å². The molecule has 20 heavy (non-hydrogen) atoms. The molecule has 2 rings (SSSR count). The van der Waals surface area contributed by atoms with E-state index in [2.05, 4.69) is 33.9 Å². The van der Waals surface area contributed by atoms with Gasteiger partial charge in [-0.25, -0.2) is 15.0 Å². The minimum Gasteiger partial charge on any atom is -0.221 e. The highest BCUT2D eigenvalue weighted by Crippen LogP contribution is 2.20. The zero-order chi connectivity index (χ0) is 14.7. The molecule has 2 aromatic rings. The lowest BCUT2D eigenvalue weighted by molar-refractivity contribution is 0.736. The van der Waals surface area contributed by atoms with Gasteiger partial charge in [0.05, 0.1) is 0 Å². The highest BCUT2D eigenvalue weighted by atomic mass is 35.5. The molecule has 108 valence electrons. The molecule has 0 N–H and O–H groups in total. The molecule has 0 radical (unpaired) electrons. The van der Waals surface area contributed by atoms with E-state index in [0.29, 0.717) is 5.15 Å². The van der Waals surface area contributed by atoms with Gasteiger partial charge in [0.2, 0.25) is 0 Å². The Labute approximate surface area is 124 Å². The van der Waals surface area contributed by atoms with Crippen LogP contribution in [0.4, 0.5) is 0 Å². The summed E-state index contributed by atoms with van der Waals surface area (Å²) < 4.78 is 1.81. The molecule has 0 fully saturated rings. The molecule has 0 bridgehead atoms. The minimum absolute atomic E-state index is 0.494. The lowest BCUT2D eigenvalue weighted by atomic mass is 10.3. The fourth-order valence-electron chi connectivity index (χ4n) is 2.00. The third-order valence-corrected chi connectivity index (χ3v) is 3.50. The van der Waals surface area contributed by atoms with Gasteiger partial charge in [-0.2, -0.15) is 4.68 Å². The molecule has 0 aliphatic carbocycles. The molecular weight excluding hydrogens is 274 g/mol. The standard InChI is InChI=1S/C14H20ClN5/c1-5-8-11-17-13(15)9(4)14(18-11)20-12(7-3)16-10(6-2)19-20/h5-8H2,1-4H3. The molecule has 0 aliphatic rings. The van der Waals surface area contributed by atoms with Crippen LogP contribution in [-0.4, -0.2) is 24.7 Å². The maximum absolute atomic E-state index is 6.23. The van der Waals surface area contributed by atoms with Crippen LogP contribution in [0.1, 0.15) is 50.2 Å². The molecule has 0 saturated carbocycles. The molecule has 5 nitrogen and oxygen atoms in total. The molecule has 2 heterocycles. The van der Waals surface area contributed by atoms with Crippen LogP contribution >= 0.6 is 11.6 Å². The van der Waals surface area contributed by atoms with Crippen molar-refractivity contribution < 1.29 is 0 Å². The highest BCUT2D eigenvalue weighted by Gasteiger charge is 2.16. The van der Waals surface area contributed by atoms with E-state index in [1.807, 2.05) is 13.8 Å². The molecule has 0 unspecified atom stereocenters. The lowest BCUT2D eigenvalue weighted by Crippen LogP contribution is -2.10. The van der Waals surface area contributed by atoms with Crippen molar-refractivity contribution in [2.45, 2.75) is 53.4 Å². The maximum atomic E-state index is 6.23. The summed E-state index contributed by atoms with van der Waals surface area (Å²) in [6.07, 6.45) is 3.40. The Hall–Kier alpha value is -1.49. The second kappa shape index (κ2) is 6.31. The summed E-state index contributed by atoms with van der Waals surface area (Å²) in [5.41, 5.74) is 0.841. The Morgan fingerprint density at radius 2 is 1.75 bits per heavy atom. The quantitative estimate of drug-likeness (QED) is 0.795. The van der Waals surface area contributed by atoms with Gasteiger partial charge in [0, 0.05) is 24.8 Å². The van der Waals surface area contributed by atoms with E-state index in [9.17, 15) is 0 Å². The second-order valence-corrected chi connectivity index (χ2v) is 5.05. The van der Waals surface area contributed by atoms with Crippen molar-refractivity contribution in [2.75, 3.05) is 0 Å². The SMILES string of the molecule is CCCc1nc(Cl)c(C)c(-n2nc(CC)nc2CC)n1. The van der Waals surface area contributed by atoms with Crippen molar-refractivity contribution in [3.8, 4) is 5.82 Å². The van der Waals surface area contributed by atoms with Gasteiger partial charge >= 0.3 is 0 Å². The van der Waals surface area contributed by atoms with Crippen LogP contribution in [0, 0.1) is 6.92 Å². The van der Waals surface area contributed by atoms with E-state index in [-0.39, 0.29) is 0 Å². The second-order valence-electron chi connectivity index (χ2n) is 4.69. The van der Waals surface area contributed by atoms with Gasteiger partial charge in [0.15, 0.2) is 11.6 Å². The number of hydrogen-bond donors (Lipinski definition) is 0. The largest absolute Gasteiger partial charge is 0.221 e. The van der Waals surface area contributed by atoms with Crippen LogP contribution in [-0.2, 0) is 19.3 Å². The van der Waals surface area contributed by atoms with E-state index in [0.717, 1.165) is 54.5 Å². The first kappa shape index (κ1) is 14.9. The lowest BCUT2D eigenvalue weighted by Gasteiger charge is -2.10. The fraction of sp³-hybridized carbons (Fsp3) is 0.571. The summed E-state index contributed by atoms with van der Waals surface area (Å²) >= 11 is 6.23. The molecule has 0 spiro atoms. The molecule has 0 aromatic carbocycles. The highest BCUT2D eigenvalue weighted by molar-refractivity contribution is 6.30. The van der Waals surface area contributed by atoms with Gasteiger partial charge in [0.25, 0.3) is 0 Å². The molecular formula is C14H20ClN5. The van der Waals surface area contributed by atoms with Gasteiger partial charge in [-0.1, -0.05) is 32.4 Å². The fourth-order valence-corrected chi connectivity index (χ4v) is 2.18. The topological polar surface area (TPSA) is 56.5 Å². The minimum atomic E-state index is 0.494. The van der Waals surface area contributed by atoms with Crippen molar-refractivity contribution in [3.05, 3.63) is 28.2 Å². The van der Waals surface area contributed by atoms with Crippen LogP contribution in [0.3, 0.4) is 0 Å². The Balaban J connectivity index is 2.58. The van der Waals surface area contributed by atoms with Crippen LogP contribution in [0.25, 0.3) is 5.82 Å². The number of hydrogen-bond acceptors (Lipinski definition) is 4. The first-order valence-corrected chi connectivity index (χ1v) is 7.46. The van der Waals surface area contributed by atoms with Crippen LogP contribution in [0.2, 0.25) is 5.15 Å². The predicted molar refractivity (Wildman–Crippen MR) is 79.4 cm³/mol. The van der Waals surface area contributed by atoms with Crippen molar-refractivity contribution >= 4 is 11.6 Å². The number of aryl methyl sites for hydroxylation is 3. The van der Waals surface area contributed by atoms with Gasteiger partial charge in [-0.15, -0.1) is 5.10 Å². The number of halogens is 1. The van der Waals surface area contributed by atoms with E-state index >= 15 is 0 Å². The van der Waals surface area contributed by atoms with Gasteiger partial charge in [-0.05, 0) is 13.3 Å². The van der Waals surface area contributed by atoms with Gasteiger partial charge in [-0.3, -0.25) is 0 Å². The Kier molecular flexibility index (Phi) is 4.70. The third kappa shape index (κ3) is 2.82. The zero-order valence-corrected chi connectivity index (χ0v) is 13.2. The third-order valence-electron chi connectivity index (χ3n) is 3.13. The Morgan fingerprint density at radius 1 is 1.00 bits per heavy atom. The summed E-state index contributed by atoms with van der Waals surface area (Å²) in [6.45, 7) is 8.12. The van der Waals surface area contributed by atoms with Crippen molar-refractivity contribution in [2.24, 2.45) is 0 Å². The molecule has 0 aliphatic heterocycles. The van der Waals surface area contributed by atoms with Crippen molar-refractivity contribution in [1.29, 1.82) is 0 Å². The first-order chi connectivity index (χ1) is 9.60. The van der Waals surface area contributed by atoms with Crippen LogP contribution in [0.15, 0.2) is 0 Å². The smallest absolute Gasteiger partial charge is 0.163 e. The number of aromatic nitrogens is 5. The normalized spacial score (nSPS) is 11.1. The molecule has 0 amide bonds. The summed E-state index contributed by atoms with van der Waals surface area (Å²) in [4.78, 5) is 13.5. The van der Waals surface area contributed by atoms with E-state index in [1.54, 1.807) is 4.68 Å². The molecule has 2 aromatic heterocycles. The molecule has 6 heteroatoms. The average Bonchev–Trinajstić information content (AvgIpc) is 2.86. The molecule has 0 saturated heterocycles. The Morgan fingerprint density at radius 3 is 2.35 bits per heavy atom. The maximum Gasteiger partial charge on any atom is 0.163 e. The van der Waals surface area contributed by atoms with Crippen LogP contribution in [0.5, 0.6) is 0 Å². The van der Waals surface area contributed by atoms with Gasteiger partial charge < -0.3 is 0 Å². The Bertz CT molecular complexity index is 606.